The van der Waals surface area contributed by atoms with Crippen LogP contribution in [0.25, 0.3) is 0 Å². The van der Waals surface area contributed by atoms with Crippen molar-refractivity contribution in [1.29, 1.82) is 0 Å². The molecule has 1 rings (SSSR count). The summed E-state index contributed by atoms with van der Waals surface area (Å²) in [5.74, 6) is 1.29. The molecule has 104 valence electrons. The first-order valence-corrected chi connectivity index (χ1v) is 7.36. The average molecular weight is 251 g/mol. The zero-order valence-corrected chi connectivity index (χ0v) is 12.6. The molecule has 0 radical (unpaired) electrons. The lowest BCUT2D eigenvalue weighted by atomic mass is 9.88. The minimum Gasteiger partial charge on any atom is -0.308 e. The molecule has 0 aliphatic carbocycles. The fourth-order valence-corrected chi connectivity index (χ4v) is 2.25. The topological polar surface area (TPSA) is 29.9 Å². The van der Waals surface area contributed by atoms with Gasteiger partial charge in [0.1, 0.15) is 0 Å². The van der Waals surface area contributed by atoms with Crippen molar-refractivity contribution < 1.29 is 0 Å². The van der Waals surface area contributed by atoms with Crippen molar-refractivity contribution in [3.8, 4) is 0 Å². The number of aromatic nitrogens is 2. The Morgan fingerprint density at radius 2 is 1.94 bits per heavy atom. The molecule has 0 saturated carbocycles. The van der Waals surface area contributed by atoms with Gasteiger partial charge in [0.15, 0.2) is 0 Å². The lowest BCUT2D eigenvalue weighted by molar-refractivity contribution is 0.289. The van der Waals surface area contributed by atoms with Crippen LogP contribution < -0.4 is 5.32 Å². The molecule has 0 saturated heterocycles. The van der Waals surface area contributed by atoms with Gasteiger partial charge in [-0.3, -0.25) is 4.68 Å². The predicted molar refractivity (Wildman–Crippen MR) is 77.6 cm³/mol. The van der Waals surface area contributed by atoms with Crippen LogP contribution in [-0.4, -0.2) is 16.3 Å². The highest BCUT2D eigenvalue weighted by Crippen LogP contribution is 2.27. The Bertz CT molecular complexity index is 330. The number of hydrogen-bond acceptors (Lipinski definition) is 2. The number of nitrogens with zero attached hydrogens (tertiary/aromatic N) is 2. The second kappa shape index (κ2) is 7.57. The molecule has 3 nitrogen and oxygen atoms in total. The van der Waals surface area contributed by atoms with Gasteiger partial charge in [-0.15, -0.1) is 0 Å². The van der Waals surface area contributed by atoms with Crippen molar-refractivity contribution in [3.05, 3.63) is 18.0 Å². The Kier molecular flexibility index (Phi) is 6.41. The molecule has 1 aromatic rings. The third-order valence-corrected chi connectivity index (χ3v) is 3.70. The van der Waals surface area contributed by atoms with Gasteiger partial charge in [0.05, 0.1) is 11.7 Å². The number of rotatable bonds is 8. The van der Waals surface area contributed by atoms with E-state index in [-0.39, 0.29) is 0 Å². The van der Waals surface area contributed by atoms with Crippen LogP contribution >= 0.6 is 0 Å². The van der Waals surface area contributed by atoms with Crippen LogP contribution in [0.2, 0.25) is 0 Å². The Balaban J connectivity index is 2.89. The minimum atomic E-state index is 0.416. The first kappa shape index (κ1) is 15.2. The van der Waals surface area contributed by atoms with E-state index in [1.54, 1.807) is 0 Å². The molecule has 0 spiro atoms. The Morgan fingerprint density at radius 1 is 1.22 bits per heavy atom. The third-order valence-electron chi connectivity index (χ3n) is 3.70. The van der Waals surface area contributed by atoms with Crippen molar-refractivity contribution in [2.24, 2.45) is 11.8 Å². The quantitative estimate of drug-likeness (QED) is 0.764. The van der Waals surface area contributed by atoms with E-state index in [1.807, 2.05) is 6.20 Å². The van der Waals surface area contributed by atoms with E-state index in [1.165, 1.54) is 12.1 Å². The Hall–Kier alpha value is -0.830. The first-order chi connectivity index (χ1) is 8.61. The summed E-state index contributed by atoms with van der Waals surface area (Å²) in [6.45, 7) is 13.4. The maximum absolute atomic E-state index is 4.45. The fraction of sp³-hybridized carbons (Fsp3) is 0.800. The summed E-state index contributed by atoms with van der Waals surface area (Å²) in [6.07, 6.45) is 4.23. The maximum Gasteiger partial charge on any atom is 0.0556 e. The highest BCUT2D eigenvalue weighted by atomic mass is 15.3. The number of nitrogens with one attached hydrogen (secondary N) is 1. The van der Waals surface area contributed by atoms with Crippen molar-refractivity contribution in [3.63, 3.8) is 0 Å². The molecule has 1 heterocycles. The normalized spacial score (nSPS) is 15.0. The molecule has 0 aliphatic rings. The summed E-state index contributed by atoms with van der Waals surface area (Å²) in [5.41, 5.74) is 1.34. The summed E-state index contributed by atoms with van der Waals surface area (Å²) in [5, 5.41) is 8.14. The van der Waals surface area contributed by atoms with Crippen LogP contribution in [0.5, 0.6) is 0 Å². The summed E-state index contributed by atoms with van der Waals surface area (Å²) >= 11 is 0. The van der Waals surface area contributed by atoms with Gasteiger partial charge in [-0.2, -0.15) is 5.10 Å². The largest absolute Gasteiger partial charge is 0.308 e. The summed E-state index contributed by atoms with van der Waals surface area (Å²) in [7, 11) is 0. The molecule has 3 heteroatoms. The average Bonchev–Trinajstić information content (AvgIpc) is 2.78. The molecule has 0 bridgehead atoms. The summed E-state index contributed by atoms with van der Waals surface area (Å²) in [6, 6.07) is 2.58. The molecule has 0 aromatic carbocycles. The lowest BCUT2D eigenvalue weighted by Gasteiger charge is -2.28. The van der Waals surface area contributed by atoms with Gasteiger partial charge in [0.2, 0.25) is 0 Å². The molecule has 18 heavy (non-hydrogen) atoms. The smallest absolute Gasteiger partial charge is 0.0556 e. The van der Waals surface area contributed by atoms with E-state index in [0.717, 1.165) is 19.5 Å². The zero-order valence-electron chi connectivity index (χ0n) is 12.6. The summed E-state index contributed by atoms with van der Waals surface area (Å²) in [4.78, 5) is 0. The highest BCUT2D eigenvalue weighted by Gasteiger charge is 2.24. The van der Waals surface area contributed by atoms with Gasteiger partial charge in [0, 0.05) is 12.7 Å². The highest BCUT2D eigenvalue weighted by molar-refractivity contribution is 5.08. The lowest BCUT2D eigenvalue weighted by Crippen LogP contribution is -2.32. The van der Waals surface area contributed by atoms with Gasteiger partial charge in [-0.05, 0) is 37.3 Å². The first-order valence-electron chi connectivity index (χ1n) is 7.36. The molecule has 2 unspecified atom stereocenters. The van der Waals surface area contributed by atoms with E-state index in [9.17, 15) is 0 Å². The van der Waals surface area contributed by atoms with Crippen LogP contribution in [0.1, 0.15) is 59.2 Å². The summed E-state index contributed by atoms with van der Waals surface area (Å²) < 4.78 is 2.16. The molecule has 2 atom stereocenters. The van der Waals surface area contributed by atoms with Gasteiger partial charge < -0.3 is 5.32 Å². The van der Waals surface area contributed by atoms with Gasteiger partial charge in [-0.1, -0.05) is 34.6 Å². The van der Waals surface area contributed by atoms with Crippen molar-refractivity contribution in [1.82, 2.24) is 15.1 Å². The van der Waals surface area contributed by atoms with E-state index in [4.69, 9.17) is 0 Å². The number of aryl methyl sites for hydroxylation is 1. The molecular weight excluding hydrogens is 222 g/mol. The van der Waals surface area contributed by atoms with Gasteiger partial charge >= 0.3 is 0 Å². The van der Waals surface area contributed by atoms with Crippen molar-refractivity contribution in [2.45, 2.75) is 60.0 Å². The zero-order chi connectivity index (χ0) is 13.5. The van der Waals surface area contributed by atoms with Crippen molar-refractivity contribution >= 4 is 0 Å². The van der Waals surface area contributed by atoms with E-state index in [0.29, 0.717) is 17.9 Å². The second-order valence-corrected chi connectivity index (χ2v) is 5.51. The third kappa shape index (κ3) is 3.84. The predicted octanol–water partition coefficient (Wildman–Crippen LogP) is 3.63. The Morgan fingerprint density at radius 3 is 2.50 bits per heavy atom. The van der Waals surface area contributed by atoms with Crippen LogP contribution in [0.4, 0.5) is 0 Å². The molecule has 0 fully saturated rings. The van der Waals surface area contributed by atoms with Crippen molar-refractivity contribution in [2.75, 3.05) is 6.54 Å². The Labute approximate surface area is 112 Å². The fourth-order valence-electron chi connectivity index (χ4n) is 2.25. The van der Waals surface area contributed by atoms with Crippen LogP contribution in [0, 0.1) is 11.8 Å². The SMILES string of the molecule is CCCNC(c1ccnn1CCC)C(C)C(C)C. The standard InChI is InChI=1S/C15H29N3/c1-6-9-16-15(13(5)12(3)4)14-8-10-17-18(14)11-7-2/h8,10,12-13,15-16H,6-7,9,11H2,1-5H3. The van der Waals surface area contributed by atoms with Crippen LogP contribution in [0.15, 0.2) is 12.3 Å². The van der Waals surface area contributed by atoms with Crippen LogP contribution in [0.3, 0.4) is 0 Å². The van der Waals surface area contributed by atoms with E-state index in [2.05, 4.69) is 55.8 Å². The van der Waals surface area contributed by atoms with E-state index < -0.39 is 0 Å². The van der Waals surface area contributed by atoms with Gasteiger partial charge in [-0.25, -0.2) is 0 Å². The second-order valence-electron chi connectivity index (χ2n) is 5.51. The molecule has 0 aliphatic heterocycles. The molecule has 1 N–H and O–H groups in total. The molecule has 0 amide bonds. The minimum absolute atomic E-state index is 0.416. The van der Waals surface area contributed by atoms with Gasteiger partial charge in [0.25, 0.3) is 0 Å². The number of hydrogen-bond donors (Lipinski definition) is 1. The molecule has 1 aromatic heterocycles. The molecular formula is C15H29N3. The van der Waals surface area contributed by atoms with E-state index >= 15 is 0 Å². The monoisotopic (exact) mass is 251 g/mol. The maximum atomic E-state index is 4.45. The van der Waals surface area contributed by atoms with Crippen LogP contribution in [-0.2, 0) is 6.54 Å².